The summed E-state index contributed by atoms with van der Waals surface area (Å²) in [5.41, 5.74) is -0.246. The number of carbonyl (C=O) groups excluding carboxylic acids is 2. The molecule has 0 bridgehead atoms. The van der Waals surface area contributed by atoms with Gasteiger partial charge >= 0.3 is 0 Å². The highest BCUT2D eigenvalue weighted by atomic mass is 16.5. The smallest absolute Gasteiger partial charge is 0.289 e. The van der Waals surface area contributed by atoms with Crippen LogP contribution < -0.4 is 5.32 Å². The first-order valence-corrected chi connectivity index (χ1v) is 8.37. The van der Waals surface area contributed by atoms with Crippen LogP contribution in [-0.4, -0.2) is 48.6 Å². The van der Waals surface area contributed by atoms with E-state index in [2.05, 4.69) is 5.32 Å². The average Bonchev–Trinajstić information content (AvgIpc) is 3.00. The van der Waals surface area contributed by atoms with Crippen molar-refractivity contribution in [2.75, 3.05) is 26.2 Å². The predicted molar refractivity (Wildman–Crippen MR) is 81.8 cm³/mol. The molecule has 23 heavy (non-hydrogen) atoms. The molecule has 1 aliphatic carbocycles. The Bertz CT molecular complexity index is 588. The van der Waals surface area contributed by atoms with Gasteiger partial charge in [-0.05, 0) is 43.2 Å². The molecule has 1 aromatic heterocycles. The molecule has 0 aromatic carbocycles. The van der Waals surface area contributed by atoms with Crippen LogP contribution in [0.25, 0.3) is 0 Å². The van der Waals surface area contributed by atoms with Gasteiger partial charge < -0.3 is 19.4 Å². The van der Waals surface area contributed by atoms with Gasteiger partial charge in [0.2, 0.25) is 5.91 Å². The lowest BCUT2D eigenvalue weighted by Crippen LogP contribution is -2.63. The van der Waals surface area contributed by atoms with Crippen LogP contribution in [0.1, 0.15) is 36.2 Å². The summed E-state index contributed by atoms with van der Waals surface area (Å²) in [5, 5.41) is 3.01. The number of ether oxygens (including phenoxy) is 1. The molecule has 6 nitrogen and oxygen atoms in total. The summed E-state index contributed by atoms with van der Waals surface area (Å²) in [6.07, 6.45) is 5.38. The van der Waals surface area contributed by atoms with Gasteiger partial charge in [0.1, 0.15) is 5.60 Å². The second-order valence-corrected chi connectivity index (χ2v) is 7.15. The summed E-state index contributed by atoms with van der Waals surface area (Å²) in [6, 6.07) is 3.39. The number of nitrogens with zero attached hydrogens (tertiary/aromatic N) is 1. The van der Waals surface area contributed by atoms with Gasteiger partial charge in [-0.3, -0.25) is 9.59 Å². The zero-order chi connectivity index (χ0) is 15.9. The summed E-state index contributed by atoms with van der Waals surface area (Å²) in [5.74, 6) is 1.38. The highest BCUT2D eigenvalue weighted by Crippen LogP contribution is 2.39. The molecular formula is C17H22N2O4. The van der Waals surface area contributed by atoms with Crippen LogP contribution in [0.5, 0.6) is 0 Å². The third-order valence-electron chi connectivity index (χ3n) is 5.02. The van der Waals surface area contributed by atoms with Gasteiger partial charge in [0.25, 0.3) is 5.91 Å². The average molecular weight is 318 g/mol. The molecule has 1 spiro atoms. The second-order valence-electron chi connectivity index (χ2n) is 7.15. The molecule has 1 unspecified atom stereocenters. The number of carbonyl (C=O) groups is 2. The van der Waals surface area contributed by atoms with E-state index in [1.165, 1.54) is 19.1 Å². The maximum atomic E-state index is 12.2. The van der Waals surface area contributed by atoms with Crippen LogP contribution in [0.4, 0.5) is 0 Å². The van der Waals surface area contributed by atoms with Crippen LogP contribution in [0.3, 0.4) is 0 Å². The van der Waals surface area contributed by atoms with E-state index in [1.807, 2.05) is 0 Å². The Hall–Kier alpha value is -1.82. The van der Waals surface area contributed by atoms with E-state index in [-0.39, 0.29) is 23.3 Å². The zero-order valence-corrected chi connectivity index (χ0v) is 13.1. The standard InChI is InChI=1S/C17H22N2O4/c20-15(18-8-12-3-4-12)6-13-7-17(23-9-13)10-19(11-17)16(21)14-2-1-5-22-14/h1-2,5,12-13H,3-4,6-11H2,(H,18,20). The molecule has 3 aliphatic rings. The number of nitrogens with one attached hydrogen (secondary N) is 1. The molecule has 4 rings (SSSR count). The van der Waals surface area contributed by atoms with Crippen molar-refractivity contribution in [1.82, 2.24) is 10.2 Å². The van der Waals surface area contributed by atoms with E-state index in [0.29, 0.717) is 37.8 Å². The van der Waals surface area contributed by atoms with Gasteiger partial charge in [0, 0.05) is 13.0 Å². The third kappa shape index (κ3) is 3.13. The van der Waals surface area contributed by atoms with E-state index in [0.717, 1.165) is 13.0 Å². The topological polar surface area (TPSA) is 71.8 Å². The van der Waals surface area contributed by atoms with Crippen LogP contribution in [0.15, 0.2) is 22.8 Å². The van der Waals surface area contributed by atoms with Gasteiger partial charge in [-0.2, -0.15) is 0 Å². The first-order valence-electron chi connectivity index (χ1n) is 8.37. The van der Waals surface area contributed by atoms with Crippen molar-refractivity contribution in [3.05, 3.63) is 24.2 Å². The molecule has 1 N–H and O–H groups in total. The zero-order valence-electron chi connectivity index (χ0n) is 13.1. The van der Waals surface area contributed by atoms with Crippen molar-refractivity contribution >= 4 is 11.8 Å². The van der Waals surface area contributed by atoms with Crippen molar-refractivity contribution in [2.45, 2.75) is 31.3 Å². The number of likely N-dealkylation sites (tertiary alicyclic amines) is 1. The number of rotatable bonds is 5. The first kappa shape index (κ1) is 14.8. The molecular weight excluding hydrogens is 296 g/mol. The minimum Gasteiger partial charge on any atom is -0.459 e. The van der Waals surface area contributed by atoms with Crippen molar-refractivity contribution in [3.63, 3.8) is 0 Å². The Kier molecular flexibility index (Phi) is 3.64. The fraction of sp³-hybridized carbons (Fsp3) is 0.647. The number of hydrogen-bond donors (Lipinski definition) is 1. The van der Waals surface area contributed by atoms with E-state index in [9.17, 15) is 9.59 Å². The van der Waals surface area contributed by atoms with Crippen molar-refractivity contribution in [3.8, 4) is 0 Å². The summed E-state index contributed by atoms with van der Waals surface area (Å²) in [4.78, 5) is 25.8. The van der Waals surface area contributed by atoms with E-state index in [1.54, 1.807) is 17.0 Å². The van der Waals surface area contributed by atoms with Gasteiger partial charge in [-0.15, -0.1) is 0 Å². The summed E-state index contributed by atoms with van der Waals surface area (Å²) in [7, 11) is 0. The molecule has 1 atom stereocenters. The summed E-state index contributed by atoms with van der Waals surface area (Å²) >= 11 is 0. The second kappa shape index (κ2) is 5.67. The lowest BCUT2D eigenvalue weighted by Gasteiger charge is -2.46. The van der Waals surface area contributed by atoms with Gasteiger partial charge in [0.15, 0.2) is 5.76 Å². The lowest BCUT2D eigenvalue weighted by molar-refractivity contribution is -0.122. The quantitative estimate of drug-likeness (QED) is 0.891. The van der Waals surface area contributed by atoms with Crippen molar-refractivity contribution < 1.29 is 18.7 Å². The molecule has 124 valence electrons. The van der Waals surface area contributed by atoms with E-state index in [4.69, 9.17) is 9.15 Å². The predicted octanol–water partition coefficient (Wildman–Crippen LogP) is 1.43. The maximum Gasteiger partial charge on any atom is 0.289 e. The fourth-order valence-corrected chi connectivity index (χ4v) is 3.55. The molecule has 1 aromatic rings. The Labute approximate surface area is 135 Å². The van der Waals surface area contributed by atoms with Gasteiger partial charge in [-0.25, -0.2) is 0 Å². The van der Waals surface area contributed by atoms with Crippen LogP contribution in [0.2, 0.25) is 0 Å². The van der Waals surface area contributed by atoms with Crippen molar-refractivity contribution in [2.24, 2.45) is 11.8 Å². The maximum absolute atomic E-state index is 12.2. The van der Waals surface area contributed by atoms with Crippen LogP contribution >= 0.6 is 0 Å². The summed E-state index contributed by atoms with van der Waals surface area (Å²) < 4.78 is 11.1. The minimum atomic E-state index is -0.246. The normalized spacial score (nSPS) is 25.4. The molecule has 6 heteroatoms. The largest absolute Gasteiger partial charge is 0.459 e. The Morgan fingerprint density at radius 1 is 1.30 bits per heavy atom. The number of furan rings is 1. The highest BCUT2D eigenvalue weighted by Gasteiger charge is 2.51. The number of amides is 2. The van der Waals surface area contributed by atoms with E-state index >= 15 is 0 Å². The van der Waals surface area contributed by atoms with Crippen LogP contribution in [-0.2, 0) is 9.53 Å². The molecule has 0 radical (unpaired) electrons. The molecule has 3 heterocycles. The van der Waals surface area contributed by atoms with Gasteiger partial charge in [0.05, 0.1) is 26.0 Å². The molecule has 2 saturated heterocycles. The SMILES string of the molecule is O=C(CC1COC2(C1)CN(C(=O)c1ccco1)C2)NCC1CC1. The van der Waals surface area contributed by atoms with Crippen molar-refractivity contribution in [1.29, 1.82) is 0 Å². The lowest BCUT2D eigenvalue weighted by atomic mass is 9.85. The monoisotopic (exact) mass is 318 g/mol. The molecule has 2 amide bonds. The summed E-state index contributed by atoms with van der Waals surface area (Å²) in [6.45, 7) is 2.61. The molecule has 3 fully saturated rings. The van der Waals surface area contributed by atoms with E-state index < -0.39 is 0 Å². The number of hydrogen-bond acceptors (Lipinski definition) is 4. The fourth-order valence-electron chi connectivity index (χ4n) is 3.55. The van der Waals surface area contributed by atoms with Gasteiger partial charge in [-0.1, -0.05) is 0 Å². The Balaban J connectivity index is 1.23. The Morgan fingerprint density at radius 2 is 2.13 bits per heavy atom. The molecule has 1 saturated carbocycles. The third-order valence-corrected chi connectivity index (χ3v) is 5.02. The highest BCUT2D eigenvalue weighted by molar-refractivity contribution is 5.92. The minimum absolute atomic E-state index is 0.0881. The Morgan fingerprint density at radius 3 is 2.83 bits per heavy atom. The van der Waals surface area contributed by atoms with Crippen LogP contribution in [0, 0.1) is 11.8 Å². The molecule has 2 aliphatic heterocycles. The first-order chi connectivity index (χ1) is 11.1.